The smallest absolute Gasteiger partial charge is 0.128 e. The van der Waals surface area contributed by atoms with Crippen LogP contribution in [0.25, 0.3) is 16.8 Å². The summed E-state index contributed by atoms with van der Waals surface area (Å²) in [6.07, 6.45) is 3.71. The molecule has 1 aliphatic rings. The molecule has 5 rings (SSSR count). The molecule has 3 N–H and O–H groups in total. The van der Waals surface area contributed by atoms with Gasteiger partial charge in [0.15, 0.2) is 0 Å². The Labute approximate surface area is 180 Å². The maximum Gasteiger partial charge on any atom is 0.128 e. The van der Waals surface area contributed by atoms with Crippen LogP contribution >= 0.6 is 0 Å². The Bertz CT molecular complexity index is 1320. The van der Waals surface area contributed by atoms with Gasteiger partial charge in [-0.3, -0.25) is 0 Å². The van der Waals surface area contributed by atoms with Crippen molar-refractivity contribution < 1.29 is 20.1 Å². The predicted molar refractivity (Wildman–Crippen MR) is 122 cm³/mol. The minimum Gasteiger partial charge on any atom is -0.508 e. The number of aliphatic hydroxyl groups is 1. The molecule has 4 aromatic rings. The summed E-state index contributed by atoms with van der Waals surface area (Å²) < 4.78 is 6.13. The lowest BCUT2D eigenvalue weighted by atomic mass is 9.73. The van der Waals surface area contributed by atoms with Gasteiger partial charge in [-0.2, -0.15) is 0 Å². The van der Waals surface area contributed by atoms with Crippen molar-refractivity contribution in [2.45, 2.75) is 18.4 Å². The molecule has 0 aliphatic heterocycles. The van der Waals surface area contributed by atoms with Gasteiger partial charge in [0.1, 0.15) is 23.0 Å². The third-order valence-electron chi connectivity index (χ3n) is 5.79. The monoisotopic (exact) mass is 410 g/mol. The number of phenolic OH excluding ortho intramolecular Hbond substituents is 2. The van der Waals surface area contributed by atoms with Crippen molar-refractivity contribution in [2.24, 2.45) is 0 Å². The Balaban J connectivity index is 1.55. The first-order chi connectivity index (χ1) is 14.9. The van der Waals surface area contributed by atoms with Crippen molar-refractivity contribution in [2.75, 3.05) is 0 Å². The molecular weight excluding hydrogens is 388 g/mol. The van der Waals surface area contributed by atoms with Crippen molar-refractivity contribution in [1.29, 1.82) is 0 Å². The summed E-state index contributed by atoms with van der Waals surface area (Å²) in [6, 6.07) is 23.8. The van der Waals surface area contributed by atoms with Gasteiger partial charge in [-0.05, 0) is 82.9 Å². The second-order valence-corrected chi connectivity index (χ2v) is 8.17. The first-order valence-corrected chi connectivity index (χ1v) is 10.1. The average Bonchev–Trinajstić information content (AvgIpc) is 2.73. The zero-order valence-electron chi connectivity index (χ0n) is 17.0. The number of phenols is 2. The van der Waals surface area contributed by atoms with Gasteiger partial charge in [-0.15, -0.1) is 0 Å². The fourth-order valence-corrected chi connectivity index (χ4v) is 4.32. The summed E-state index contributed by atoms with van der Waals surface area (Å²) in [6.45, 7) is 1.77. The van der Waals surface area contributed by atoms with Crippen LogP contribution in [0.4, 0.5) is 0 Å². The van der Waals surface area contributed by atoms with Crippen LogP contribution in [0.1, 0.15) is 29.5 Å². The van der Waals surface area contributed by atoms with E-state index in [1.165, 1.54) is 0 Å². The highest BCUT2D eigenvalue weighted by atomic mass is 16.5. The number of fused-ring (bicyclic) bond motifs is 2. The van der Waals surface area contributed by atoms with Crippen molar-refractivity contribution in [1.82, 2.24) is 0 Å². The third-order valence-corrected chi connectivity index (χ3v) is 5.79. The number of hydrogen-bond acceptors (Lipinski definition) is 4. The molecule has 4 heteroatoms. The van der Waals surface area contributed by atoms with E-state index in [1.807, 2.05) is 54.6 Å². The van der Waals surface area contributed by atoms with Crippen molar-refractivity contribution in [3.63, 3.8) is 0 Å². The van der Waals surface area contributed by atoms with Crippen molar-refractivity contribution in [3.05, 3.63) is 102 Å². The molecule has 1 aliphatic carbocycles. The molecule has 2 unspecified atom stereocenters. The summed E-state index contributed by atoms with van der Waals surface area (Å²) in [5.41, 5.74) is 1.64. The summed E-state index contributed by atoms with van der Waals surface area (Å²) >= 11 is 0. The Morgan fingerprint density at radius 3 is 2.35 bits per heavy atom. The van der Waals surface area contributed by atoms with Gasteiger partial charge in [0.05, 0.1) is 5.60 Å². The maximum atomic E-state index is 11.1. The topological polar surface area (TPSA) is 69.9 Å². The van der Waals surface area contributed by atoms with E-state index in [0.29, 0.717) is 11.5 Å². The van der Waals surface area contributed by atoms with E-state index >= 15 is 0 Å². The average molecular weight is 410 g/mol. The highest BCUT2D eigenvalue weighted by Crippen LogP contribution is 2.44. The quantitative estimate of drug-likeness (QED) is 0.390. The van der Waals surface area contributed by atoms with Crippen LogP contribution in [0.3, 0.4) is 0 Å². The lowest BCUT2D eigenvalue weighted by molar-refractivity contribution is 0.0926. The van der Waals surface area contributed by atoms with Gasteiger partial charge in [-0.1, -0.05) is 42.5 Å². The van der Waals surface area contributed by atoms with Crippen LogP contribution in [0, 0.1) is 0 Å². The van der Waals surface area contributed by atoms with Gasteiger partial charge in [0.25, 0.3) is 0 Å². The van der Waals surface area contributed by atoms with E-state index in [9.17, 15) is 15.3 Å². The molecule has 4 nitrogen and oxygen atoms in total. The zero-order chi connectivity index (χ0) is 21.6. The fraction of sp³-hybridized carbons (Fsp3) is 0.111. The summed E-state index contributed by atoms with van der Waals surface area (Å²) in [5, 5.41) is 32.8. The van der Waals surface area contributed by atoms with E-state index in [1.54, 1.807) is 43.3 Å². The Kier molecular flexibility index (Phi) is 4.45. The molecule has 0 radical (unpaired) electrons. The summed E-state index contributed by atoms with van der Waals surface area (Å²) in [7, 11) is 0. The maximum absolute atomic E-state index is 11.1. The summed E-state index contributed by atoms with van der Waals surface area (Å²) in [5.74, 6) is 1.33. The molecular formula is C27H22O4. The lowest BCUT2D eigenvalue weighted by Gasteiger charge is -2.35. The standard InChI is InChI=1S/C27H22O4/c1-27(30)12-11-18-7-10-24(16-25(18)26(27)19-3-2-4-21(28)13-19)31-23-9-6-17-5-8-22(29)14-20(17)15-23/h2-16,26,28-30H,1H3. The normalized spacial score (nSPS) is 19.9. The molecule has 0 spiro atoms. The van der Waals surface area contributed by atoms with Gasteiger partial charge in [0.2, 0.25) is 0 Å². The highest BCUT2D eigenvalue weighted by molar-refractivity contribution is 5.85. The second-order valence-electron chi connectivity index (χ2n) is 8.17. The van der Waals surface area contributed by atoms with Gasteiger partial charge in [-0.25, -0.2) is 0 Å². The van der Waals surface area contributed by atoms with Gasteiger partial charge >= 0.3 is 0 Å². The molecule has 0 amide bonds. The van der Waals surface area contributed by atoms with Gasteiger partial charge in [0, 0.05) is 5.92 Å². The molecule has 31 heavy (non-hydrogen) atoms. The molecule has 0 aromatic heterocycles. The second kappa shape index (κ2) is 7.18. The Morgan fingerprint density at radius 2 is 1.52 bits per heavy atom. The summed E-state index contributed by atoms with van der Waals surface area (Å²) in [4.78, 5) is 0. The predicted octanol–water partition coefficient (Wildman–Crippen LogP) is 5.95. The minimum absolute atomic E-state index is 0.163. The van der Waals surface area contributed by atoms with Crippen molar-refractivity contribution >= 4 is 16.8 Å². The lowest BCUT2D eigenvalue weighted by Crippen LogP contribution is -2.33. The third kappa shape index (κ3) is 3.62. The first kappa shape index (κ1) is 19.2. The Hall–Kier alpha value is -3.76. The van der Waals surface area contributed by atoms with Crippen molar-refractivity contribution in [3.8, 4) is 23.0 Å². The van der Waals surface area contributed by atoms with E-state index in [2.05, 4.69) is 0 Å². The van der Waals surface area contributed by atoms with Crippen LogP contribution in [0.5, 0.6) is 23.0 Å². The first-order valence-electron chi connectivity index (χ1n) is 10.1. The van der Waals surface area contributed by atoms with Gasteiger partial charge < -0.3 is 20.1 Å². The Morgan fingerprint density at radius 1 is 0.774 bits per heavy atom. The van der Waals surface area contributed by atoms with Crippen LogP contribution in [0.2, 0.25) is 0 Å². The molecule has 0 saturated carbocycles. The number of benzene rings is 4. The molecule has 0 heterocycles. The molecule has 0 fully saturated rings. The molecule has 154 valence electrons. The van der Waals surface area contributed by atoms with Crippen LogP contribution in [-0.4, -0.2) is 20.9 Å². The number of rotatable bonds is 3. The molecule has 4 aromatic carbocycles. The number of hydrogen-bond donors (Lipinski definition) is 3. The SMILES string of the molecule is CC1(O)C=Cc2ccc(Oc3ccc4ccc(O)cc4c3)cc2C1c1cccc(O)c1. The molecule has 0 saturated heterocycles. The van der Waals surface area contributed by atoms with E-state index in [0.717, 1.165) is 27.5 Å². The molecule has 0 bridgehead atoms. The van der Waals surface area contributed by atoms with E-state index in [-0.39, 0.29) is 17.4 Å². The highest BCUT2D eigenvalue weighted by Gasteiger charge is 2.36. The van der Waals surface area contributed by atoms with Crippen LogP contribution < -0.4 is 4.74 Å². The molecule has 2 atom stereocenters. The zero-order valence-corrected chi connectivity index (χ0v) is 17.0. The fourth-order valence-electron chi connectivity index (χ4n) is 4.32. The number of ether oxygens (including phenoxy) is 1. The van der Waals surface area contributed by atoms with E-state index in [4.69, 9.17) is 4.74 Å². The van der Waals surface area contributed by atoms with Crippen LogP contribution in [-0.2, 0) is 0 Å². The number of aromatic hydroxyl groups is 2. The largest absolute Gasteiger partial charge is 0.508 e. The minimum atomic E-state index is -1.11. The van der Waals surface area contributed by atoms with Crippen LogP contribution in [0.15, 0.2) is 84.9 Å². The van der Waals surface area contributed by atoms with E-state index < -0.39 is 5.60 Å².